The van der Waals surface area contributed by atoms with E-state index in [4.69, 9.17) is 9.47 Å². The standard InChI is InChI=1S/C16H17BrFNO2/c1-19-16(10-4-6-13(18)12(17)8-10)11-5-7-14(20-2)15(9-11)21-3/h4-9,16,19H,1-3H3. The van der Waals surface area contributed by atoms with Gasteiger partial charge < -0.3 is 14.8 Å². The molecule has 0 amide bonds. The number of ether oxygens (including phenoxy) is 2. The van der Waals surface area contributed by atoms with Crippen molar-refractivity contribution >= 4 is 15.9 Å². The van der Waals surface area contributed by atoms with E-state index in [9.17, 15) is 4.39 Å². The summed E-state index contributed by atoms with van der Waals surface area (Å²) in [5, 5.41) is 3.23. The average molecular weight is 354 g/mol. The maximum Gasteiger partial charge on any atom is 0.161 e. The Hall–Kier alpha value is -1.59. The van der Waals surface area contributed by atoms with Crippen molar-refractivity contribution in [3.8, 4) is 11.5 Å². The lowest BCUT2D eigenvalue weighted by Gasteiger charge is -2.19. The molecular formula is C16H17BrFNO2. The normalized spacial score (nSPS) is 12.0. The Balaban J connectivity index is 2.43. The molecule has 0 bridgehead atoms. The summed E-state index contributed by atoms with van der Waals surface area (Å²) >= 11 is 3.22. The predicted molar refractivity (Wildman–Crippen MR) is 84.5 cm³/mol. The highest BCUT2D eigenvalue weighted by Gasteiger charge is 2.16. The fourth-order valence-electron chi connectivity index (χ4n) is 2.25. The Morgan fingerprint density at radius 1 is 1.00 bits per heavy atom. The monoisotopic (exact) mass is 353 g/mol. The summed E-state index contributed by atoms with van der Waals surface area (Å²) in [6, 6.07) is 10.6. The van der Waals surface area contributed by atoms with Crippen LogP contribution in [0.15, 0.2) is 40.9 Å². The zero-order valence-corrected chi connectivity index (χ0v) is 13.7. The van der Waals surface area contributed by atoms with Crippen LogP contribution in [-0.4, -0.2) is 21.3 Å². The van der Waals surface area contributed by atoms with Gasteiger partial charge in [-0.05, 0) is 58.4 Å². The zero-order valence-electron chi connectivity index (χ0n) is 12.1. The highest BCUT2D eigenvalue weighted by Crippen LogP contribution is 2.33. The van der Waals surface area contributed by atoms with Crippen LogP contribution in [0.4, 0.5) is 4.39 Å². The van der Waals surface area contributed by atoms with Crippen LogP contribution in [0.2, 0.25) is 0 Å². The number of nitrogens with one attached hydrogen (secondary N) is 1. The molecule has 0 aliphatic rings. The molecule has 0 fully saturated rings. The summed E-state index contributed by atoms with van der Waals surface area (Å²) in [5.74, 6) is 1.06. The van der Waals surface area contributed by atoms with E-state index in [0.29, 0.717) is 16.0 Å². The van der Waals surface area contributed by atoms with E-state index in [1.165, 1.54) is 6.07 Å². The third kappa shape index (κ3) is 3.36. The number of hydrogen-bond donors (Lipinski definition) is 1. The molecule has 2 aromatic rings. The van der Waals surface area contributed by atoms with Crippen molar-refractivity contribution in [2.75, 3.05) is 21.3 Å². The Bertz CT molecular complexity index is 634. The van der Waals surface area contributed by atoms with Crippen LogP contribution in [0, 0.1) is 5.82 Å². The second kappa shape index (κ2) is 6.91. The molecule has 0 aromatic heterocycles. The van der Waals surface area contributed by atoms with Gasteiger partial charge in [-0.2, -0.15) is 0 Å². The fraction of sp³-hybridized carbons (Fsp3) is 0.250. The first-order valence-electron chi connectivity index (χ1n) is 6.44. The molecule has 21 heavy (non-hydrogen) atoms. The van der Waals surface area contributed by atoms with Crippen LogP contribution in [0.25, 0.3) is 0 Å². The van der Waals surface area contributed by atoms with Crippen molar-refractivity contribution < 1.29 is 13.9 Å². The molecule has 0 aliphatic heterocycles. The molecule has 1 unspecified atom stereocenters. The first-order chi connectivity index (χ1) is 10.1. The third-order valence-electron chi connectivity index (χ3n) is 3.31. The minimum Gasteiger partial charge on any atom is -0.493 e. The van der Waals surface area contributed by atoms with E-state index in [0.717, 1.165) is 11.1 Å². The van der Waals surface area contributed by atoms with Crippen LogP contribution in [0.1, 0.15) is 17.2 Å². The summed E-state index contributed by atoms with van der Waals surface area (Å²) in [7, 11) is 5.06. The zero-order chi connectivity index (χ0) is 15.4. The third-order valence-corrected chi connectivity index (χ3v) is 3.91. The van der Waals surface area contributed by atoms with E-state index >= 15 is 0 Å². The molecule has 0 saturated heterocycles. The lowest BCUT2D eigenvalue weighted by Crippen LogP contribution is -2.17. The molecule has 2 rings (SSSR count). The molecule has 1 atom stereocenters. The van der Waals surface area contributed by atoms with Gasteiger partial charge in [-0.1, -0.05) is 12.1 Å². The second-order valence-electron chi connectivity index (χ2n) is 4.51. The molecule has 0 heterocycles. The van der Waals surface area contributed by atoms with E-state index < -0.39 is 0 Å². The lowest BCUT2D eigenvalue weighted by molar-refractivity contribution is 0.354. The number of benzene rings is 2. The minimum atomic E-state index is -0.277. The summed E-state index contributed by atoms with van der Waals surface area (Å²) in [4.78, 5) is 0. The number of hydrogen-bond acceptors (Lipinski definition) is 3. The van der Waals surface area contributed by atoms with Crippen LogP contribution in [0.3, 0.4) is 0 Å². The molecule has 0 aliphatic carbocycles. The molecule has 112 valence electrons. The largest absolute Gasteiger partial charge is 0.493 e. The highest BCUT2D eigenvalue weighted by atomic mass is 79.9. The Kier molecular flexibility index (Phi) is 5.20. The van der Waals surface area contributed by atoms with Crippen molar-refractivity contribution in [1.29, 1.82) is 0 Å². The van der Waals surface area contributed by atoms with Gasteiger partial charge >= 0.3 is 0 Å². The minimum absolute atomic E-state index is 0.0679. The summed E-state index contributed by atoms with van der Waals surface area (Å²) < 4.78 is 24.4. The summed E-state index contributed by atoms with van der Waals surface area (Å²) in [6.07, 6.45) is 0. The SMILES string of the molecule is CNC(c1ccc(F)c(Br)c1)c1ccc(OC)c(OC)c1. The van der Waals surface area contributed by atoms with Gasteiger partial charge in [-0.15, -0.1) is 0 Å². The number of methoxy groups -OCH3 is 2. The van der Waals surface area contributed by atoms with Gasteiger partial charge in [-0.25, -0.2) is 4.39 Å². The Morgan fingerprint density at radius 3 is 2.19 bits per heavy atom. The second-order valence-corrected chi connectivity index (χ2v) is 5.36. The number of halogens is 2. The highest BCUT2D eigenvalue weighted by molar-refractivity contribution is 9.10. The van der Waals surface area contributed by atoms with Crippen LogP contribution < -0.4 is 14.8 Å². The van der Waals surface area contributed by atoms with Gasteiger partial charge in [0.05, 0.1) is 24.7 Å². The molecule has 0 spiro atoms. The fourth-order valence-corrected chi connectivity index (χ4v) is 2.65. The maximum atomic E-state index is 13.4. The molecule has 0 radical (unpaired) electrons. The quantitative estimate of drug-likeness (QED) is 0.883. The molecule has 0 saturated carbocycles. The Morgan fingerprint density at radius 2 is 1.62 bits per heavy atom. The van der Waals surface area contributed by atoms with Crippen molar-refractivity contribution in [1.82, 2.24) is 5.32 Å². The molecule has 2 aromatic carbocycles. The first kappa shape index (κ1) is 15.8. The number of rotatable bonds is 5. The molecular weight excluding hydrogens is 337 g/mol. The van der Waals surface area contributed by atoms with E-state index in [1.807, 2.05) is 25.2 Å². The smallest absolute Gasteiger partial charge is 0.161 e. The van der Waals surface area contributed by atoms with Crippen molar-refractivity contribution in [3.63, 3.8) is 0 Å². The van der Waals surface area contributed by atoms with Crippen molar-refractivity contribution in [2.45, 2.75) is 6.04 Å². The van der Waals surface area contributed by atoms with Gasteiger partial charge in [0.25, 0.3) is 0 Å². The van der Waals surface area contributed by atoms with E-state index in [-0.39, 0.29) is 11.9 Å². The van der Waals surface area contributed by atoms with Gasteiger partial charge in [0.15, 0.2) is 11.5 Å². The first-order valence-corrected chi connectivity index (χ1v) is 7.24. The van der Waals surface area contributed by atoms with Crippen LogP contribution >= 0.6 is 15.9 Å². The molecule has 3 nitrogen and oxygen atoms in total. The predicted octanol–water partition coefficient (Wildman–Crippen LogP) is 3.91. The van der Waals surface area contributed by atoms with E-state index in [2.05, 4.69) is 21.2 Å². The van der Waals surface area contributed by atoms with Gasteiger partial charge in [0.2, 0.25) is 0 Å². The van der Waals surface area contributed by atoms with Gasteiger partial charge in [0, 0.05) is 0 Å². The maximum absolute atomic E-state index is 13.4. The van der Waals surface area contributed by atoms with Gasteiger partial charge in [0.1, 0.15) is 5.82 Å². The lowest BCUT2D eigenvalue weighted by atomic mass is 9.98. The summed E-state index contributed by atoms with van der Waals surface area (Å²) in [6.45, 7) is 0. The van der Waals surface area contributed by atoms with Gasteiger partial charge in [-0.3, -0.25) is 0 Å². The van der Waals surface area contributed by atoms with E-state index in [1.54, 1.807) is 26.4 Å². The van der Waals surface area contributed by atoms with Crippen molar-refractivity contribution in [3.05, 3.63) is 57.8 Å². The topological polar surface area (TPSA) is 30.5 Å². The molecule has 5 heteroatoms. The Labute approximate surface area is 132 Å². The van der Waals surface area contributed by atoms with Crippen molar-refractivity contribution in [2.24, 2.45) is 0 Å². The summed E-state index contributed by atoms with van der Waals surface area (Å²) in [5.41, 5.74) is 1.96. The van der Waals surface area contributed by atoms with Crippen LogP contribution in [-0.2, 0) is 0 Å². The molecule has 1 N–H and O–H groups in total. The van der Waals surface area contributed by atoms with Crippen LogP contribution in [0.5, 0.6) is 11.5 Å². The average Bonchev–Trinajstić information content (AvgIpc) is 2.51.